The monoisotopic (exact) mass is 150 g/mol. The van der Waals surface area contributed by atoms with Gasteiger partial charge in [0.2, 0.25) is 0 Å². The van der Waals surface area contributed by atoms with E-state index in [1.54, 1.807) is 51.4 Å². The Labute approximate surface area is 69.4 Å². The Balaban J connectivity index is 1.91. The normalized spacial score (nSPS) is 45.8. The lowest BCUT2D eigenvalue weighted by atomic mass is 9.85. The second-order valence-electron chi connectivity index (χ2n) is 4.99. The van der Waals surface area contributed by atoms with Crippen LogP contribution >= 0.6 is 0 Å². The topological polar surface area (TPSA) is 0 Å². The fraction of sp³-hybridized carbons (Fsp3) is 1.00. The Morgan fingerprint density at radius 2 is 1.27 bits per heavy atom. The first-order valence-corrected chi connectivity index (χ1v) is 5.42. The fourth-order valence-electron chi connectivity index (χ4n) is 3.92. The molecule has 0 heteroatoms. The molecule has 0 aromatic carbocycles. The van der Waals surface area contributed by atoms with Gasteiger partial charge in [-0.1, -0.05) is 12.8 Å². The summed E-state index contributed by atoms with van der Waals surface area (Å²) in [4.78, 5) is 0. The molecule has 62 valence electrons. The molecule has 0 aromatic rings. The van der Waals surface area contributed by atoms with Gasteiger partial charge in [0, 0.05) is 0 Å². The van der Waals surface area contributed by atoms with Gasteiger partial charge in [0.15, 0.2) is 0 Å². The molecule has 2 bridgehead atoms. The molecule has 0 saturated heterocycles. The zero-order valence-corrected chi connectivity index (χ0v) is 7.31. The van der Waals surface area contributed by atoms with Gasteiger partial charge < -0.3 is 0 Å². The molecule has 0 heterocycles. The first kappa shape index (κ1) is 6.51. The summed E-state index contributed by atoms with van der Waals surface area (Å²) < 4.78 is 0. The predicted molar refractivity (Wildman–Crippen MR) is 46.3 cm³/mol. The van der Waals surface area contributed by atoms with Crippen molar-refractivity contribution in [1.29, 1.82) is 0 Å². The summed E-state index contributed by atoms with van der Waals surface area (Å²) in [5.41, 5.74) is 0.941. The number of hydrogen-bond acceptors (Lipinski definition) is 0. The van der Waals surface area contributed by atoms with Crippen molar-refractivity contribution >= 4 is 0 Å². The molecule has 3 aliphatic rings. The standard InChI is InChI=1S/C11H18/c1-2-4-10-6-5-9(3-1)11(10)7-8-11/h9-10H,1-8H2. The van der Waals surface area contributed by atoms with Crippen LogP contribution in [-0.4, -0.2) is 0 Å². The van der Waals surface area contributed by atoms with Crippen LogP contribution in [0.2, 0.25) is 0 Å². The Morgan fingerprint density at radius 1 is 0.727 bits per heavy atom. The van der Waals surface area contributed by atoms with Crippen molar-refractivity contribution in [2.24, 2.45) is 17.3 Å². The van der Waals surface area contributed by atoms with Crippen molar-refractivity contribution < 1.29 is 0 Å². The molecule has 3 rings (SSSR count). The molecular formula is C11H18. The van der Waals surface area contributed by atoms with Crippen molar-refractivity contribution in [2.45, 2.75) is 51.4 Å². The lowest BCUT2D eigenvalue weighted by Crippen LogP contribution is -2.13. The molecule has 3 fully saturated rings. The van der Waals surface area contributed by atoms with Gasteiger partial charge in [0.05, 0.1) is 0 Å². The Kier molecular flexibility index (Phi) is 1.20. The Bertz CT molecular complexity index is 151. The summed E-state index contributed by atoms with van der Waals surface area (Å²) in [5.74, 6) is 2.35. The zero-order valence-electron chi connectivity index (χ0n) is 7.31. The van der Waals surface area contributed by atoms with E-state index in [9.17, 15) is 0 Å². The molecule has 3 aliphatic carbocycles. The second-order valence-corrected chi connectivity index (χ2v) is 4.99. The van der Waals surface area contributed by atoms with Gasteiger partial charge in [-0.25, -0.2) is 0 Å². The van der Waals surface area contributed by atoms with Gasteiger partial charge in [-0.15, -0.1) is 0 Å². The van der Waals surface area contributed by atoms with Crippen LogP contribution in [-0.2, 0) is 0 Å². The summed E-state index contributed by atoms with van der Waals surface area (Å²) >= 11 is 0. The lowest BCUT2D eigenvalue weighted by molar-refractivity contribution is 0.287. The smallest absolute Gasteiger partial charge is 0.0240 e. The van der Waals surface area contributed by atoms with Gasteiger partial charge in [-0.05, 0) is 55.8 Å². The van der Waals surface area contributed by atoms with E-state index in [1.165, 1.54) is 11.8 Å². The van der Waals surface area contributed by atoms with Crippen LogP contribution in [0.1, 0.15) is 51.4 Å². The van der Waals surface area contributed by atoms with E-state index in [2.05, 4.69) is 0 Å². The summed E-state index contributed by atoms with van der Waals surface area (Å²) in [6.07, 6.45) is 12.6. The third-order valence-electron chi connectivity index (χ3n) is 4.67. The molecule has 0 radical (unpaired) electrons. The van der Waals surface area contributed by atoms with Gasteiger partial charge in [0.25, 0.3) is 0 Å². The Hall–Kier alpha value is 0. The van der Waals surface area contributed by atoms with Crippen LogP contribution in [0.25, 0.3) is 0 Å². The quantitative estimate of drug-likeness (QED) is 0.496. The molecule has 0 amide bonds. The van der Waals surface area contributed by atoms with Gasteiger partial charge >= 0.3 is 0 Å². The minimum Gasteiger partial charge on any atom is -0.0530 e. The largest absolute Gasteiger partial charge is 0.0530 e. The van der Waals surface area contributed by atoms with Gasteiger partial charge in [0.1, 0.15) is 0 Å². The predicted octanol–water partition coefficient (Wildman–Crippen LogP) is 3.37. The highest BCUT2D eigenvalue weighted by Crippen LogP contribution is 2.67. The minimum absolute atomic E-state index is 0.941. The Morgan fingerprint density at radius 3 is 1.73 bits per heavy atom. The maximum atomic E-state index is 1.60. The van der Waals surface area contributed by atoms with Crippen LogP contribution in [0.4, 0.5) is 0 Å². The van der Waals surface area contributed by atoms with Crippen molar-refractivity contribution in [1.82, 2.24) is 0 Å². The molecule has 0 aliphatic heterocycles. The van der Waals surface area contributed by atoms with Gasteiger partial charge in [-0.3, -0.25) is 0 Å². The van der Waals surface area contributed by atoms with E-state index in [-0.39, 0.29) is 0 Å². The maximum absolute atomic E-state index is 1.60. The van der Waals surface area contributed by atoms with E-state index >= 15 is 0 Å². The van der Waals surface area contributed by atoms with E-state index in [1.807, 2.05) is 0 Å². The number of rotatable bonds is 0. The molecule has 2 unspecified atom stereocenters. The van der Waals surface area contributed by atoms with Crippen LogP contribution in [0.3, 0.4) is 0 Å². The van der Waals surface area contributed by atoms with Crippen molar-refractivity contribution in [3.05, 3.63) is 0 Å². The molecule has 2 atom stereocenters. The maximum Gasteiger partial charge on any atom is -0.0240 e. The fourth-order valence-corrected chi connectivity index (χ4v) is 3.92. The van der Waals surface area contributed by atoms with Crippen LogP contribution in [0, 0.1) is 17.3 Å². The van der Waals surface area contributed by atoms with Crippen molar-refractivity contribution in [3.8, 4) is 0 Å². The van der Waals surface area contributed by atoms with Crippen LogP contribution < -0.4 is 0 Å². The van der Waals surface area contributed by atoms with E-state index in [0.717, 1.165) is 5.41 Å². The molecule has 0 N–H and O–H groups in total. The third-order valence-corrected chi connectivity index (χ3v) is 4.67. The zero-order chi connectivity index (χ0) is 7.31. The SMILES string of the molecule is C1CCC2CCC(C1)C21CC1. The van der Waals surface area contributed by atoms with Gasteiger partial charge in [-0.2, -0.15) is 0 Å². The first-order valence-electron chi connectivity index (χ1n) is 5.42. The molecule has 0 nitrogen and oxygen atoms in total. The highest BCUT2D eigenvalue weighted by molar-refractivity contribution is 5.07. The molecule has 1 spiro atoms. The summed E-state index contributed by atoms with van der Waals surface area (Å²) in [7, 11) is 0. The summed E-state index contributed by atoms with van der Waals surface area (Å²) in [6, 6.07) is 0. The van der Waals surface area contributed by atoms with Crippen LogP contribution in [0.5, 0.6) is 0 Å². The molecule has 0 aromatic heterocycles. The van der Waals surface area contributed by atoms with Crippen molar-refractivity contribution in [2.75, 3.05) is 0 Å². The molecular weight excluding hydrogens is 132 g/mol. The summed E-state index contributed by atoms with van der Waals surface area (Å²) in [5, 5.41) is 0. The highest BCUT2D eigenvalue weighted by atomic mass is 14.6. The minimum atomic E-state index is 0.941. The second kappa shape index (κ2) is 2.02. The van der Waals surface area contributed by atoms with E-state index < -0.39 is 0 Å². The molecule has 3 saturated carbocycles. The highest BCUT2D eigenvalue weighted by Gasteiger charge is 2.57. The lowest BCUT2D eigenvalue weighted by Gasteiger charge is -2.20. The van der Waals surface area contributed by atoms with Crippen LogP contribution in [0.15, 0.2) is 0 Å². The average Bonchev–Trinajstić information content (AvgIpc) is 2.63. The first-order chi connectivity index (χ1) is 5.42. The van der Waals surface area contributed by atoms with E-state index in [4.69, 9.17) is 0 Å². The van der Waals surface area contributed by atoms with E-state index in [0.29, 0.717) is 0 Å². The average molecular weight is 150 g/mol. The summed E-state index contributed by atoms with van der Waals surface area (Å²) in [6.45, 7) is 0. The van der Waals surface area contributed by atoms with Crippen molar-refractivity contribution in [3.63, 3.8) is 0 Å². The molecule has 11 heavy (non-hydrogen) atoms. The number of hydrogen-bond donors (Lipinski definition) is 0. The third kappa shape index (κ3) is 0.761.